The van der Waals surface area contributed by atoms with Crippen LogP contribution in [-0.2, 0) is 23.8 Å². The Morgan fingerprint density at radius 1 is 1.33 bits per heavy atom. The van der Waals surface area contributed by atoms with Gasteiger partial charge in [0.25, 0.3) is 0 Å². The fourth-order valence-electron chi connectivity index (χ4n) is 6.82. The number of esters is 1. The van der Waals surface area contributed by atoms with Crippen LogP contribution in [0.5, 0.6) is 0 Å². The van der Waals surface area contributed by atoms with Gasteiger partial charge in [-0.15, -0.1) is 0 Å². The van der Waals surface area contributed by atoms with Crippen molar-refractivity contribution in [3.05, 3.63) is 23.8 Å². The molecule has 4 bridgehead atoms. The molecule has 0 unspecified atom stereocenters. The van der Waals surface area contributed by atoms with Crippen LogP contribution in [0.3, 0.4) is 0 Å². The third-order valence-corrected chi connectivity index (χ3v) is 8.32. The Morgan fingerprint density at radius 2 is 2.03 bits per heavy atom. The predicted molar refractivity (Wildman–Crippen MR) is 120 cm³/mol. The fraction of sp³-hybridized carbons (Fsp3) is 0.760. The van der Waals surface area contributed by atoms with Gasteiger partial charge in [0.05, 0.1) is 24.4 Å². The molecule has 0 aromatic rings. The molecular formula is C25H37NO7. The average molecular weight is 464 g/mol. The smallest absolute Gasteiger partial charge is 0.335 e. The molecule has 2 heterocycles. The number of carbonyl (C=O) groups excluding carboxylic acids is 2. The van der Waals surface area contributed by atoms with Crippen molar-refractivity contribution < 1.29 is 34.0 Å². The molecule has 3 N–H and O–H groups in total. The molecule has 1 saturated heterocycles. The maximum atomic E-state index is 13.0. The van der Waals surface area contributed by atoms with E-state index in [1.54, 1.807) is 6.92 Å². The van der Waals surface area contributed by atoms with Crippen molar-refractivity contribution in [3.8, 4) is 0 Å². The molecule has 2 fully saturated rings. The fourth-order valence-corrected chi connectivity index (χ4v) is 6.82. The van der Waals surface area contributed by atoms with Gasteiger partial charge in [0.2, 0.25) is 5.91 Å². The van der Waals surface area contributed by atoms with Crippen molar-refractivity contribution in [1.29, 1.82) is 0 Å². The van der Waals surface area contributed by atoms with Crippen LogP contribution >= 0.6 is 0 Å². The van der Waals surface area contributed by atoms with E-state index >= 15 is 0 Å². The van der Waals surface area contributed by atoms with Crippen LogP contribution in [0.1, 0.15) is 41.0 Å². The minimum absolute atomic E-state index is 0.0635. The van der Waals surface area contributed by atoms with Crippen LogP contribution in [0.4, 0.5) is 0 Å². The van der Waals surface area contributed by atoms with E-state index in [0.717, 1.165) is 5.57 Å². The molecule has 184 valence electrons. The van der Waals surface area contributed by atoms with Gasteiger partial charge in [-0.3, -0.25) is 4.79 Å². The SMILES string of the molecule is CO[C@H]1C[C@H]2C=C[C@H]3[C@H]4O[C@]2(/C(C)=C/[C@@H](C)[C@@H]([C@@H](C)O)OC1=O)[C@@H]3[C@H](O)[C@@H](C)[C@@H]4NC(C)=O. The molecular weight excluding hydrogens is 426 g/mol. The minimum Gasteiger partial charge on any atom is -0.457 e. The molecule has 4 aliphatic rings. The lowest BCUT2D eigenvalue weighted by molar-refractivity contribution is -0.172. The van der Waals surface area contributed by atoms with Crippen LogP contribution in [-0.4, -0.2) is 71.4 Å². The van der Waals surface area contributed by atoms with Crippen molar-refractivity contribution >= 4 is 11.9 Å². The van der Waals surface area contributed by atoms with Gasteiger partial charge in [0.1, 0.15) is 11.7 Å². The second-order valence-corrected chi connectivity index (χ2v) is 10.4. The molecule has 8 heteroatoms. The van der Waals surface area contributed by atoms with Crippen molar-refractivity contribution in [1.82, 2.24) is 5.32 Å². The summed E-state index contributed by atoms with van der Waals surface area (Å²) in [5.41, 5.74) is 0.0895. The zero-order chi connectivity index (χ0) is 24.2. The summed E-state index contributed by atoms with van der Waals surface area (Å²) < 4.78 is 18.1. The van der Waals surface area contributed by atoms with E-state index in [0.29, 0.717) is 6.42 Å². The first-order chi connectivity index (χ1) is 15.5. The quantitative estimate of drug-likeness (QED) is 0.428. The third kappa shape index (κ3) is 3.75. The number of amides is 1. The molecule has 8 nitrogen and oxygen atoms in total. The highest BCUT2D eigenvalue weighted by Gasteiger charge is 2.68. The lowest BCUT2D eigenvalue weighted by Gasteiger charge is -2.49. The van der Waals surface area contributed by atoms with E-state index in [4.69, 9.17) is 14.2 Å². The molecule has 12 atom stereocenters. The summed E-state index contributed by atoms with van der Waals surface area (Å²) in [6.45, 7) is 8.93. The zero-order valence-corrected chi connectivity index (χ0v) is 20.2. The monoisotopic (exact) mass is 463 g/mol. The first-order valence-electron chi connectivity index (χ1n) is 11.9. The lowest BCUT2D eigenvalue weighted by atomic mass is 9.57. The molecule has 33 heavy (non-hydrogen) atoms. The van der Waals surface area contributed by atoms with Crippen LogP contribution < -0.4 is 5.32 Å². The van der Waals surface area contributed by atoms with Gasteiger partial charge in [0.15, 0.2) is 6.10 Å². The van der Waals surface area contributed by atoms with Crippen LogP contribution in [0.2, 0.25) is 0 Å². The summed E-state index contributed by atoms with van der Waals surface area (Å²) in [5.74, 6) is -1.67. The predicted octanol–water partition coefficient (Wildman–Crippen LogP) is 1.35. The van der Waals surface area contributed by atoms with Gasteiger partial charge in [-0.25, -0.2) is 4.79 Å². The molecule has 1 saturated carbocycles. The number of nitrogens with one attached hydrogen (secondary N) is 1. The average Bonchev–Trinajstić information content (AvgIpc) is 2.94. The number of aliphatic hydroxyl groups is 2. The van der Waals surface area contributed by atoms with Gasteiger partial charge >= 0.3 is 5.97 Å². The van der Waals surface area contributed by atoms with Crippen LogP contribution in [0.25, 0.3) is 0 Å². The highest BCUT2D eigenvalue weighted by molar-refractivity contribution is 5.75. The first-order valence-corrected chi connectivity index (χ1v) is 11.9. The van der Waals surface area contributed by atoms with E-state index in [-0.39, 0.29) is 47.6 Å². The largest absolute Gasteiger partial charge is 0.457 e. The maximum Gasteiger partial charge on any atom is 0.335 e. The van der Waals surface area contributed by atoms with Crippen molar-refractivity contribution in [3.63, 3.8) is 0 Å². The van der Waals surface area contributed by atoms with E-state index in [1.165, 1.54) is 14.0 Å². The van der Waals surface area contributed by atoms with Crippen molar-refractivity contribution in [2.45, 2.75) is 83.2 Å². The maximum absolute atomic E-state index is 13.0. The molecule has 0 radical (unpaired) electrons. The lowest BCUT2D eigenvalue weighted by Crippen LogP contribution is -2.59. The summed E-state index contributed by atoms with van der Waals surface area (Å²) in [6.07, 6.45) is 3.04. The molecule has 4 rings (SSSR count). The molecule has 0 aromatic heterocycles. The zero-order valence-electron chi connectivity index (χ0n) is 20.2. The van der Waals surface area contributed by atoms with Gasteiger partial charge in [-0.1, -0.05) is 32.1 Å². The molecule has 2 aliphatic carbocycles. The number of hydrogen-bond acceptors (Lipinski definition) is 7. The summed E-state index contributed by atoms with van der Waals surface area (Å²) >= 11 is 0. The Labute approximate surface area is 195 Å². The summed E-state index contributed by atoms with van der Waals surface area (Å²) in [6, 6.07) is -0.324. The normalized spacial score (nSPS) is 49.3. The van der Waals surface area contributed by atoms with Crippen LogP contribution in [0, 0.1) is 29.6 Å². The Morgan fingerprint density at radius 3 is 2.64 bits per heavy atom. The standard InChI is InChI=1S/C25H37NO7/c1-11-9-12(2)25-16(10-18(31-6)24(30)32-22(11)14(4)27)7-8-17-19(25)21(29)13(3)20(23(17)33-25)26-15(5)28/h7-9,11,13-14,16-23,27,29H,10H2,1-6H3,(H,26,28)/b12-9+/t11-,13+,14-,16-,17-,18+,19+,20+,21-,22+,23-,25+/m1/s1. The molecule has 1 amide bonds. The second-order valence-electron chi connectivity index (χ2n) is 10.4. The third-order valence-electron chi connectivity index (χ3n) is 8.32. The molecule has 1 spiro atoms. The number of cyclic esters (lactones) is 1. The van der Waals surface area contributed by atoms with Gasteiger partial charge < -0.3 is 29.7 Å². The number of methoxy groups -OCH3 is 1. The van der Waals surface area contributed by atoms with Crippen LogP contribution in [0.15, 0.2) is 23.8 Å². The van der Waals surface area contributed by atoms with E-state index in [2.05, 4.69) is 17.5 Å². The number of hydrogen-bond donors (Lipinski definition) is 3. The van der Waals surface area contributed by atoms with Crippen molar-refractivity contribution in [2.75, 3.05) is 7.11 Å². The van der Waals surface area contributed by atoms with E-state index < -0.39 is 36.0 Å². The Balaban J connectivity index is 1.85. The van der Waals surface area contributed by atoms with Gasteiger partial charge in [-0.2, -0.15) is 0 Å². The molecule has 0 aromatic carbocycles. The number of carbonyl (C=O) groups is 2. The topological polar surface area (TPSA) is 114 Å². The Hall–Kier alpha value is -1.74. The number of aliphatic hydroxyl groups excluding tert-OH is 2. The Bertz CT molecular complexity index is 854. The number of rotatable bonds is 3. The summed E-state index contributed by atoms with van der Waals surface area (Å²) in [5, 5.41) is 24.9. The van der Waals surface area contributed by atoms with Gasteiger partial charge in [0, 0.05) is 43.6 Å². The first kappa shape index (κ1) is 24.4. The minimum atomic E-state index is -0.865. The van der Waals surface area contributed by atoms with E-state index in [1.807, 2.05) is 26.8 Å². The highest BCUT2D eigenvalue weighted by Crippen LogP contribution is 2.60. The van der Waals surface area contributed by atoms with Crippen molar-refractivity contribution in [2.24, 2.45) is 29.6 Å². The summed E-state index contributed by atoms with van der Waals surface area (Å²) in [7, 11) is 1.47. The number of ether oxygens (including phenoxy) is 3. The Kier molecular flexibility index (Phi) is 6.50. The molecule has 2 aliphatic heterocycles. The highest BCUT2D eigenvalue weighted by atomic mass is 16.6. The summed E-state index contributed by atoms with van der Waals surface area (Å²) in [4.78, 5) is 24.9. The van der Waals surface area contributed by atoms with E-state index in [9.17, 15) is 19.8 Å². The van der Waals surface area contributed by atoms with Gasteiger partial charge in [-0.05, 0) is 25.8 Å². The second kappa shape index (κ2) is 8.80.